The molecule has 1 atom stereocenters. The number of carboxylic acids is 1. The largest absolute Gasteiger partial charge is 0.481 e. The van der Waals surface area contributed by atoms with E-state index in [-0.39, 0.29) is 6.42 Å². The van der Waals surface area contributed by atoms with Crippen molar-refractivity contribution in [3.05, 3.63) is 12.8 Å². The van der Waals surface area contributed by atoms with Crippen molar-refractivity contribution in [3.8, 4) is 0 Å². The van der Waals surface area contributed by atoms with Crippen molar-refractivity contribution in [3.63, 3.8) is 0 Å². The zero-order valence-electron chi connectivity index (χ0n) is 8.36. The van der Waals surface area contributed by atoms with Gasteiger partial charge in [0.05, 0.1) is 18.6 Å². The van der Waals surface area contributed by atoms with Crippen LogP contribution in [-0.4, -0.2) is 17.0 Å². The van der Waals surface area contributed by atoms with Crippen LogP contribution in [0.2, 0.25) is 0 Å². The molecule has 0 amide bonds. The molecule has 0 aliphatic carbocycles. The summed E-state index contributed by atoms with van der Waals surface area (Å²) in [6, 6.07) is 0. The Balaban J connectivity index is 4.14. The number of hydrogen-bond donors (Lipinski definition) is 1. The molecule has 0 bridgehead atoms. The van der Waals surface area contributed by atoms with Crippen LogP contribution in [0.25, 0.3) is 0 Å². The van der Waals surface area contributed by atoms with E-state index in [1.807, 2.05) is 6.92 Å². The Bertz CT molecular complexity index is 210. The number of unbranched alkanes of at least 4 members (excludes halogenated alkanes) is 1. The molecular weight excluding hydrogens is 184 g/mol. The highest BCUT2D eigenvalue weighted by atomic mass is 16.5. The maximum Gasteiger partial charge on any atom is 0.314 e. The van der Waals surface area contributed by atoms with Crippen LogP contribution in [0.4, 0.5) is 0 Å². The highest BCUT2D eigenvalue weighted by molar-refractivity contribution is 5.79. The van der Waals surface area contributed by atoms with Crippen LogP contribution in [-0.2, 0) is 14.3 Å². The Morgan fingerprint density at radius 1 is 1.57 bits per heavy atom. The van der Waals surface area contributed by atoms with Crippen molar-refractivity contribution in [1.82, 2.24) is 0 Å². The second kappa shape index (κ2) is 7.12. The van der Waals surface area contributed by atoms with Gasteiger partial charge in [-0.05, 0) is 6.42 Å². The van der Waals surface area contributed by atoms with Gasteiger partial charge in [-0.1, -0.05) is 26.3 Å². The van der Waals surface area contributed by atoms with Crippen LogP contribution in [0, 0.1) is 5.92 Å². The van der Waals surface area contributed by atoms with Gasteiger partial charge in [0, 0.05) is 0 Å². The fourth-order valence-corrected chi connectivity index (χ4v) is 1.14. The Hall–Kier alpha value is -1.32. The van der Waals surface area contributed by atoms with Gasteiger partial charge in [-0.2, -0.15) is 0 Å². The van der Waals surface area contributed by atoms with Crippen molar-refractivity contribution < 1.29 is 19.4 Å². The first-order valence-corrected chi connectivity index (χ1v) is 4.65. The normalized spacial score (nSPS) is 11.8. The molecule has 0 aliphatic rings. The summed E-state index contributed by atoms with van der Waals surface area (Å²) < 4.78 is 4.56. The van der Waals surface area contributed by atoms with E-state index in [9.17, 15) is 9.59 Å². The van der Waals surface area contributed by atoms with Crippen molar-refractivity contribution >= 4 is 11.9 Å². The van der Waals surface area contributed by atoms with E-state index in [2.05, 4.69) is 11.3 Å². The third-order valence-corrected chi connectivity index (χ3v) is 1.86. The van der Waals surface area contributed by atoms with E-state index in [4.69, 9.17) is 5.11 Å². The molecule has 0 aromatic rings. The van der Waals surface area contributed by atoms with Gasteiger partial charge < -0.3 is 9.84 Å². The summed E-state index contributed by atoms with van der Waals surface area (Å²) in [7, 11) is 0. The van der Waals surface area contributed by atoms with Crippen molar-refractivity contribution in [2.24, 2.45) is 5.92 Å². The molecule has 0 aromatic heterocycles. The molecule has 0 aromatic carbocycles. The maximum absolute atomic E-state index is 11.2. The molecule has 4 heteroatoms. The Morgan fingerprint density at radius 2 is 2.21 bits per heavy atom. The number of ether oxygens (including phenoxy) is 1. The average molecular weight is 200 g/mol. The molecule has 0 spiro atoms. The third-order valence-electron chi connectivity index (χ3n) is 1.86. The van der Waals surface area contributed by atoms with Gasteiger partial charge in [-0.25, -0.2) is 0 Å². The topological polar surface area (TPSA) is 63.6 Å². The summed E-state index contributed by atoms with van der Waals surface area (Å²) in [5.41, 5.74) is 0. The molecule has 80 valence electrons. The number of rotatable bonds is 7. The zero-order chi connectivity index (χ0) is 11.0. The lowest BCUT2D eigenvalue weighted by molar-refractivity contribution is -0.149. The van der Waals surface area contributed by atoms with Crippen molar-refractivity contribution in [2.75, 3.05) is 0 Å². The van der Waals surface area contributed by atoms with Crippen molar-refractivity contribution in [2.45, 2.75) is 32.6 Å². The molecule has 1 unspecified atom stereocenters. The minimum absolute atomic E-state index is 0.174. The summed E-state index contributed by atoms with van der Waals surface area (Å²) in [6.07, 6.45) is 3.16. The lowest BCUT2D eigenvalue weighted by Crippen LogP contribution is -2.19. The van der Waals surface area contributed by atoms with Crippen LogP contribution >= 0.6 is 0 Å². The minimum Gasteiger partial charge on any atom is -0.481 e. The smallest absolute Gasteiger partial charge is 0.314 e. The van der Waals surface area contributed by atoms with E-state index in [1.165, 1.54) is 0 Å². The van der Waals surface area contributed by atoms with E-state index in [1.54, 1.807) is 0 Å². The predicted molar refractivity (Wildman–Crippen MR) is 51.6 cm³/mol. The van der Waals surface area contributed by atoms with E-state index >= 15 is 0 Å². The summed E-state index contributed by atoms with van der Waals surface area (Å²) in [4.78, 5) is 21.7. The number of carbonyl (C=O) groups excluding carboxylic acids is 1. The molecule has 0 rings (SSSR count). The van der Waals surface area contributed by atoms with Crippen LogP contribution < -0.4 is 0 Å². The fourth-order valence-electron chi connectivity index (χ4n) is 1.14. The number of esters is 1. The van der Waals surface area contributed by atoms with Crippen LogP contribution in [0.5, 0.6) is 0 Å². The molecular formula is C10H16O4. The van der Waals surface area contributed by atoms with Crippen LogP contribution in [0.1, 0.15) is 32.6 Å². The second-order valence-corrected chi connectivity index (χ2v) is 3.04. The maximum atomic E-state index is 11.2. The van der Waals surface area contributed by atoms with Crippen LogP contribution in [0.3, 0.4) is 0 Å². The van der Waals surface area contributed by atoms with Gasteiger partial charge in [-0.3, -0.25) is 9.59 Å². The third kappa shape index (κ3) is 5.35. The summed E-state index contributed by atoms with van der Waals surface area (Å²) in [5.74, 6) is -2.03. The number of carbonyl (C=O) groups is 2. The molecule has 0 aliphatic heterocycles. The molecule has 14 heavy (non-hydrogen) atoms. The van der Waals surface area contributed by atoms with E-state index in [0.29, 0.717) is 6.42 Å². The van der Waals surface area contributed by atoms with Gasteiger partial charge in [0.2, 0.25) is 0 Å². The van der Waals surface area contributed by atoms with Gasteiger partial charge in [0.1, 0.15) is 0 Å². The quantitative estimate of drug-likeness (QED) is 0.504. The standard InChI is InChI=1S/C10H16O4/c1-3-5-6-8(7-9(11)12)10(13)14-4-2/h4,8H,2-3,5-7H2,1H3,(H,11,12). The molecule has 0 saturated carbocycles. The second-order valence-electron chi connectivity index (χ2n) is 3.04. The zero-order valence-corrected chi connectivity index (χ0v) is 8.36. The monoisotopic (exact) mass is 200 g/mol. The van der Waals surface area contributed by atoms with Gasteiger partial charge in [-0.15, -0.1) is 0 Å². The number of carboxylic acid groups (broad SMARTS) is 1. The predicted octanol–water partition coefficient (Wildman–Crippen LogP) is 1.95. The van der Waals surface area contributed by atoms with Crippen LogP contribution in [0.15, 0.2) is 12.8 Å². The lowest BCUT2D eigenvalue weighted by atomic mass is 9.99. The molecule has 0 heterocycles. The number of aliphatic carboxylic acids is 1. The number of hydrogen-bond acceptors (Lipinski definition) is 3. The molecule has 0 saturated heterocycles. The average Bonchev–Trinajstić information content (AvgIpc) is 2.12. The molecule has 0 fully saturated rings. The highest BCUT2D eigenvalue weighted by Crippen LogP contribution is 2.14. The molecule has 1 N–H and O–H groups in total. The first-order valence-electron chi connectivity index (χ1n) is 4.65. The van der Waals surface area contributed by atoms with E-state index < -0.39 is 17.9 Å². The SMILES string of the molecule is C=COC(=O)C(CCCC)CC(=O)O. The molecule has 0 radical (unpaired) electrons. The Morgan fingerprint density at radius 3 is 2.64 bits per heavy atom. The Labute approximate surface area is 83.6 Å². The fraction of sp³-hybridized carbons (Fsp3) is 0.600. The van der Waals surface area contributed by atoms with Gasteiger partial charge in [0.25, 0.3) is 0 Å². The lowest BCUT2D eigenvalue weighted by Gasteiger charge is -2.11. The summed E-state index contributed by atoms with van der Waals surface area (Å²) in [5, 5.41) is 8.57. The first-order chi connectivity index (χ1) is 6.61. The summed E-state index contributed by atoms with van der Waals surface area (Å²) >= 11 is 0. The first kappa shape index (κ1) is 12.7. The van der Waals surface area contributed by atoms with E-state index in [0.717, 1.165) is 19.1 Å². The minimum atomic E-state index is -0.980. The summed E-state index contributed by atoms with van der Waals surface area (Å²) in [6.45, 7) is 5.23. The van der Waals surface area contributed by atoms with Gasteiger partial charge in [0.15, 0.2) is 0 Å². The van der Waals surface area contributed by atoms with Gasteiger partial charge >= 0.3 is 11.9 Å². The Kier molecular flexibility index (Phi) is 6.45. The highest BCUT2D eigenvalue weighted by Gasteiger charge is 2.21. The van der Waals surface area contributed by atoms with Crippen molar-refractivity contribution in [1.29, 1.82) is 0 Å². The molecule has 4 nitrogen and oxygen atoms in total.